The first kappa shape index (κ1) is 11.5. The molecule has 2 aliphatic carbocycles. The summed E-state index contributed by atoms with van der Waals surface area (Å²) in [5.74, 6) is 0.700. The van der Waals surface area contributed by atoms with Gasteiger partial charge in [-0.3, -0.25) is 0 Å². The molecule has 0 amide bonds. The van der Waals surface area contributed by atoms with Gasteiger partial charge in [-0.15, -0.1) is 0 Å². The molecule has 0 bridgehead atoms. The van der Waals surface area contributed by atoms with E-state index in [1.807, 2.05) is 0 Å². The third kappa shape index (κ3) is 2.18. The van der Waals surface area contributed by atoms with Crippen molar-refractivity contribution in [2.24, 2.45) is 0 Å². The van der Waals surface area contributed by atoms with Crippen LogP contribution in [0.1, 0.15) is 50.0 Å². The van der Waals surface area contributed by atoms with Gasteiger partial charge in [-0.2, -0.15) is 0 Å². The molecule has 2 nitrogen and oxygen atoms in total. The van der Waals surface area contributed by atoms with Crippen LogP contribution in [-0.2, 0) is 0 Å². The van der Waals surface area contributed by atoms with Crippen molar-refractivity contribution in [1.29, 1.82) is 0 Å². The van der Waals surface area contributed by atoms with E-state index >= 15 is 0 Å². The molecule has 2 saturated carbocycles. The van der Waals surface area contributed by atoms with E-state index < -0.39 is 0 Å². The van der Waals surface area contributed by atoms with Gasteiger partial charge in [-0.25, -0.2) is 0 Å². The molecule has 2 fully saturated rings. The molecule has 100 valence electrons. The third-order valence-electron chi connectivity index (χ3n) is 4.81. The first-order chi connectivity index (χ1) is 9.42. The fourth-order valence-corrected chi connectivity index (χ4v) is 3.66. The number of H-pyrrole nitrogens is 1. The molecule has 2 atom stereocenters. The molecule has 1 aromatic carbocycles. The third-order valence-corrected chi connectivity index (χ3v) is 4.81. The van der Waals surface area contributed by atoms with Crippen LogP contribution >= 0.6 is 0 Å². The summed E-state index contributed by atoms with van der Waals surface area (Å²) in [6.45, 7) is 0. The highest BCUT2D eigenvalue weighted by Gasteiger charge is 2.32. The van der Waals surface area contributed by atoms with Crippen LogP contribution in [-0.4, -0.2) is 17.1 Å². The second-order valence-electron chi connectivity index (χ2n) is 6.23. The van der Waals surface area contributed by atoms with Crippen LogP contribution in [0, 0.1) is 0 Å². The number of aromatic nitrogens is 1. The van der Waals surface area contributed by atoms with E-state index in [0.717, 1.165) is 6.04 Å². The van der Waals surface area contributed by atoms with E-state index in [9.17, 15) is 0 Å². The second kappa shape index (κ2) is 4.68. The molecule has 0 spiro atoms. The molecule has 4 rings (SSSR count). The van der Waals surface area contributed by atoms with E-state index in [0.29, 0.717) is 12.0 Å². The van der Waals surface area contributed by atoms with Gasteiger partial charge in [0.2, 0.25) is 0 Å². The first-order valence-electron chi connectivity index (χ1n) is 7.74. The number of rotatable bonds is 3. The van der Waals surface area contributed by atoms with Crippen molar-refractivity contribution >= 4 is 10.9 Å². The van der Waals surface area contributed by atoms with Gasteiger partial charge in [0.15, 0.2) is 0 Å². The Labute approximate surface area is 114 Å². The minimum atomic E-state index is 0.695. The quantitative estimate of drug-likeness (QED) is 0.853. The highest BCUT2D eigenvalue weighted by molar-refractivity contribution is 5.83. The highest BCUT2D eigenvalue weighted by Crippen LogP contribution is 2.38. The minimum absolute atomic E-state index is 0.695. The van der Waals surface area contributed by atoms with Crippen molar-refractivity contribution in [2.75, 3.05) is 0 Å². The largest absolute Gasteiger partial charge is 0.361 e. The Hall–Kier alpha value is -1.28. The summed E-state index contributed by atoms with van der Waals surface area (Å²) in [6.07, 6.45) is 10.5. The molecular weight excluding hydrogens is 232 g/mol. The van der Waals surface area contributed by atoms with E-state index in [1.165, 1.54) is 55.0 Å². The molecule has 0 saturated heterocycles. The molecule has 2 aromatic rings. The predicted molar refractivity (Wildman–Crippen MR) is 79.5 cm³/mol. The summed E-state index contributed by atoms with van der Waals surface area (Å²) in [5.41, 5.74) is 2.82. The monoisotopic (exact) mass is 254 g/mol. The maximum Gasteiger partial charge on any atom is 0.0456 e. The molecule has 0 unspecified atom stereocenters. The summed E-state index contributed by atoms with van der Waals surface area (Å²) in [4.78, 5) is 3.45. The smallest absolute Gasteiger partial charge is 0.0456 e. The number of hydrogen-bond donors (Lipinski definition) is 2. The molecule has 19 heavy (non-hydrogen) atoms. The van der Waals surface area contributed by atoms with Crippen LogP contribution in [0.5, 0.6) is 0 Å². The van der Waals surface area contributed by atoms with Gasteiger partial charge in [0, 0.05) is 35.1 Å². The zero-order valence-electron chi connectivity index (χ0n) is 11.4. The van der Waals surface area contributed by atoms with Crippen LogP contribution in [0.2, 0.25) is 0 Å². The summed E-state index contributed by atoms with van der Waals surface area (Å²) in [5, 5.41) is 5.31. The van der Waals surface area contributed by atoms with Crippen molar-refractivity contribution in [3.63, 3.8) is 0 Å². The lowest BCUT2D eigenvalue weighted by molar-refractivity contribution is 0.327. The summed E-state index contributed by atoms with van der Waals surface area (Å²) in [7, 11) is 0. The van der Waals surface area contributed by atoms with Gasteiger partial charge in [0.25, 0.3) is 0 Å². The topological polar surface area (TPSA) is 27.8 Å². The van der Waals surface area contributed by atoms with Crippen molar-refractivity contribution in [3.05, 3.63) is 36.0 Å². The zero-order chi connectivity index (χ0) is 12.7. The van der Waals surface area contributed by atoms with E-state index in [-0.39, 0.29) is 0 Å². The van der Waals surface area contributed by atoms with Crippen molar-refractivity contribution in [2.45, 2.75) is 56.5 Å². The van der Waals surface area contributed by atoms with Crippen LogP contribution in [0.3, 0.4) is 0 Å². The van der Waals surface area contributed by atoms with E-state index in [2.05, 4.69) is 40.8 Å². The zero-order valence-corrected chi connectivity index (χ0v) is 11.4. The van der Waals surface area contributed by atoms with Gasteiger partial charge in [0.1, 0.15) is 0 Å². The normalized spacial score (nSPS) is 27.8. The van der Waals surface area contributed by atoms with Gasteiger partial charge in [-0.05, 0) is 37.3 Å². The van der Waals surface area contributed by atoms with Gasteiger partial charge in [0.05, 0.1) is 0 Å². The van der Waals surface area contributed by atoms with Gasteiger partial charge in [-0.1, -0.05) is 31.0 Å². The number of benzene rings is 1. The average Bonchev–Trinajstić information content (AvgIpc) is 3.17. The van der Waals surface area contributed by atoms with Gasteiger partial charge < -0.3 is 10.3 Å². The van der Waals surface area contributed by atoms with Crippen LogP contribution < -0.4 is 5.32 Å². The Kier molecular flexibility index (Phi) is 2.84. The van der Waals surface area contributed by atoms with Crippen molar-refractivity contribution in [3.8, 4) is 0 Å². The number of para-hydroxylation sites is 1. The van der Waals surface area contributed by atoms with E-state index in [4.69, 9.17) is 0 Å². The maximum atomic E-state index is 3.88. The Balaban J connectivity index is 1.67. The van der Waals surface area contributed by atoms with Crippen molar-refractivity contribution in [1.82, 2.24) is 10.3 Å². The highest BCUT2D eigenvalue weighted by atomic mass is 15.0. The predicted octanol–water partition coefficient (Wildman–Crippen LogP) is 3.95. The Bertz CT molecular complexity index is 567. The first-order valence-corrected chi connectivity index (χ1v) is 7.74. The molecule has 1 aromatic heterocycles. The van der Waals surface area contributed by atoms with Crippen molar-refractivity contribution < 1.29 is 0 Å². The number of fused-ring (bicyclic) bond motifs is 1. The number of hydrogen-bond acceptors (Lipinski definition) is 1. The van der Waals surface area contributed by atoms with Crippen LogP contribution in [0.25, 0.3) is 10.9 Å². The fourth-order valence-electron chi connectivity index (χ4n) is 3.66. The van der Waals surface area contributed by atoms with Crippen LogP contribution in [0.15, 0.2) is 30.5 Å². The molecule has 2 aliphatic rings. The minimum Gasteiger partial charge on any atom is -0.361 e. The summed E-state index contributed by atoms with van der Waals surface area (Å²) < 4.78 is 0. The Morgan fingerprint density at radius 2 is 1.84 bits per heavy atom. The summed E-state index contributed by atoms with van der Waals surface area (Å²) in [6, 6.07) is 10.2. The fraction of sp³-hybridized carbons (Fsp3) is 0.529. The second-order valence-corrected chi connectivity index (χ2v) is 6.23. The molecule has 2 N–H and O–H groups in total. The lowest BCUT2D eigenvalue weighted by Gasteiger charge is -2.32. The summed E-state index contributed by atoms with van der Waals surface area (Å²) >= 11 is 0. The maximum absolute atomic E-state index is 3.88. The lowest BCUT2D eigenvalue weighted by Crippen LogP contribution is -2.38. The molecule has 1 heterocycles. The lowest BCUT2D eigenvalue weighted by atomic mass is 9.80. The Morgan fingerprint density at radius 3 is 2.74 bits per heavy atom. The SMILES string of the molecule is c1ccc2c([C@@H]3CCCC[C@@H]3NC3CC3)c[nH]c2c1. The molecule has 2 heteroatoms. The number of nitrogens with one attached hydrogen (secondary N) is 2. The molecule has 0 aliphatic heterocycles. The Morgan fingerprint density at radius 1 is 1.00 bits per heavy atom. The standard InChI is InChI=1S/C17H22N2/c1-3-7-16-13(5-1)15(11-18-16)14-6-2-4-8-17(14)19-12-9-10-12/h1,3,5,7,11-12,14,17-19H,2,4,6,8-10H2/t14-,17-/m0/s1. The molecular formula is C17H22N2. The number of aromatic amines is 1. The van der Waals surface area contributed by atoms with Crippen LogP contribution in [0.4, 0.5) is 0 Å². The van der Waals surface area contributed by atoms with E-state index in [1.54, 1.807) is 0 Å². The van der Waals surface area contributed by atoms with Gasteiger partial charge >= 0.3 is 0 Å². The average molecular weight is 254 g/mol. The molecule has 0 radical (unpaired) electrons.